The number of methoxy groups -OCH3 is 1. The molecule has 2 aromatic heterocycles. The molecule has 1 fully saturated rings. The summed E-state index contributed by atoms with van der Waals surface area (Å²) in [5.41, 5.74) is 4.73. The molecule has 3 heterocycles. The van der Waals surface area contributed by atoms with E-state index < -0.39 is 0 Å². The lowest BCUT2D eigenvalue weighted by Crippen LogP contribution is -2.36. The summed E-state index contributed by atoms with van der Waals surface area (Å²) in [5.74, 6) is 1.24. The number of aromatic nitrogens is 3. The smallest absolute Gasteiger partial charge is 0.245 e. The molecule has 0 bridgehead atoms. The molecule has 5 rings (SSSR count). The molecular formula is C23H22ClN5O2. The summed E-state index contributed by atoms with van der Waals surface area (Å²) in [4.78, 5) is 6.77. The van der Waals surface area contributed by atoms with Gasteiger partial charge in [0.15, 0.2) is 0 Å². The van der Waals surface area contributed by atoms with Crippen LogP contribution in [0.3, 0.4) is 0 Å². The Hall–Kier alpha value is -3.29. The molecule has 1 saturated heterocycles. The van der Waals surface area contributed by atoms with E-state index in [9.17, 15) is 0 Å². The topological polar surface area (TPSA) is 63.9 Å². The Balaban J connectivity index is 1.43. The highest BCUT2D eigenvalue weighted by molar-refractivity contribution is 6.31. The number of fused-ring (bicyclic) bond motifs is 1. The zero-order chi connectivity index (χ0) is 21.2. The summed E-state index contributed by atoms with van der Waals surface area (Å²) in [6, 6.07) is 17.8. The minimum absolute atomic E-state index is 0.505. The summed E-state index contributed by atoms with van der Waals surface area (Å²) in [5, 5.41) is 8.62. The maximum atomic E-state index is 6.23. The molecule has 2 aromatic carbocycles. The predicted molar refractivity (Wildman–Crippen MR) is 123 cm³/mol. The van der Waals surface area contributed by atoms with Crippen molar-refractivity contribution in [2.24, 2.45) is 0 Å². The van der Waals surface area contributed by atoms with Crippen molar-refractivity contribution in [3.05, 3.63) is 65.8 Å². The van der Waals surface area contributed by atoms with Gasteiger partial charge in [0.1, 0.15) is 5.75 Å². The van der Waals surface area contributed by atoms with Crippen LogP contribution in [0.2, 0.25) is 5.02 Å². The van der Waals surface area contributed by atoms with Crippen LogP contribution in [0.1, 0.15) is 0 Å². The van der Waals surface area contributed by atoms with Crippen molar-refractivity contribution < 1.29 is 9.47 Å². The van der Waals surface area contributed by atoms with E-state index in [-0.39, 0.29) is 0 Å². The number of halogens is 1. The van der Waals surface area contributed by atoms with Gasteiger partial charge in [-0.2, -0.15) is 0 Å². The highest BCUT2D eigenvalue weighted by atomic mass is 35.5. The monoisotopic (exact) mass is 435 g/mol. The lowest BCUT2D eigenvalue weighted by molar-refractivity contribution is 0.122. The number of hydrogen-bond donors (Lipinski definition) is 1. The Bertz CT molecular complexity index is 1200. The lowest BCUT2D eigenvalue weighted by Gasteiger charge is -2.28. The van der Waals surface area contributed by atoms with E-state index in [0.717, 1.165) is 54.5 Å². The van der Waals surface area contributed by atoms with Crippen molar-refractivity contribution in [3.63, 3.8) is 0 Å². The summed E-state index contributed by atoms with van der Waals surface area (Å²) in [7, 11) is 1.64. The van der Waals surface area contributed by atoms with Gasteiger partial charge in [0.2, 0.25) is 5.95 Å². The molecule has 0 amide bonds. The molecule has 0 saturated carbocycles. The SMILES string of the molecule is COc1ccc(Cl)cc1-c1ccc2cnc(Nc3ccc(N4CCOCC4)cc3)nn12. The van der Waals surface area contributed by atoms with Crippen molar-refractivity contribution in [3.8, 4) is 17.0 Å². The fourth-order valence-electron chi connectivity index (χ4n) is 3.75. The highest BCUT2D eigenvalue weighted by Gasteiger charge is 2.14. The summed E-state index contributed by atoms with van der Waals surface area (Å²) in [6.07, 6.45) is 1.79. The number of anilines is 3. The Morgan fingerprint density at radius 1 is 1.03 bits per heavy atom. The minimum atomic E-state index is 0.505. The molecule has 1 aliphatic rings. The second-order valence-electron chi connectivity index (χ2n) is 7.25. The van der Waals surface area contributed by atoms with E-state index in [1.54, 1.807) is 13.3 Å². The zero-order valence-electron chi connectivity index (χ0n) is 17.1. The number of benzene rings is 2. The van der Waals surface area contributed by atoms with Crippen LogP contribution in [0.25, 0.3) is 16.8 Å². The van der Waals surface area contributed by atoms with Gasteiger partial charge in [-0.15, -0.1) is 5.10 Å². The molecule has 0 spiro atoms. The maximum absolute atomic E-state index is 6.23. The van der Waals surface area contributed by atoms with Crippen molar-refractivity contribution >= 4 is 34.4 Å². The summed E-state index contributed by atoms with van der Waals surface area (Å²) in [6.45, 7) is 3.36. The first-order valence-corrected chi connectivity index (χ1v) is 10.5. The summed E-state index contributed by atoms with van der Waals surface area (Å²) < 4.78 is 12.8. The molecule has 1 aliphatic heterocycles. The molecule has 4 aromatic rings. The van der Waals surface area contributed by atoms with Gasteiger partial charge in [0.05, 0.1) is 37.7 Å². The van der Waals surface area contributed by atoms with Gasteiger partial charge in [-0.05, 0) is 54.6 Å². The van der Waals surface area contributed by atoms with Crippen LogP contribution in [0, 0.1) is 0 Å². The van der Waals surface area contributed by atoms with E-state index in [2.05, 4.69) is 27.3 Å². The van der Waals surface area contributed by atoms with Crippen molar-refractivity contribution in [2.45, 2.75) is 0 Å². The zero-order valence-corrected chi connectivity index (χ0v) is 17.8. The van der Waals surface area contributed by atoms with Crippen LogP contribution < -0.4 is 15.0 Å². The van der Waals surface area contributed by atoms with E-state index in [1.807, 2.05) is 47.0 Å². The molecule has 1 N–H and O–H groups in total. The Morgan fingerprint density at radius 3 is 2.61 bits per heavy atom. The standard InChI is InChI=1S/C23H22ClN5O2/c1-30-22-9-2-16(24)14-20(22)21-8-7-19-15-25-23(27-29(19)21)26-17-3-5-18(6-4-17)28-10-12-31-13-11-28/h2-9,14-15H,10-13H2,1H3,(H,26,27). The maximum Gasteiger partial charge on any atom is 0.245 e. The van der Waals surface area contributed by atoms with Crippen LogP contribution >= 0.6 is 11.6 Å². The quantitative estimate of drug-likeness (QED) is 0.492. The van der Waals surface area contributed by atoms with E-state index in [1.165, 1.54) is 5.69 Å². The van der Waals surface area contributed by atoms with Gasteiger partial charge in [-0.3, -0.25) is 0 Å². The van der Waals surface area contributed by atoms with E-state index in [4.69, 9.17) is 26.2 Å². The molecule has 0 atom stereocenters. The molecule has 7 nitrogen and oxygen atoms in total. The first kappa shape index (κ1) is 19.7. The van der Waals surface area contributed by atoms with Gasteiger partial charge in [-0.25, -0.2) is 9.50 Å². The molecule has 8 heteroatoms. The fraction of sp³-hybridized carbons (Fsp3) is 0.217. The van der Waals surface area contributed by atoms with E-state index >= 15 is 0 Å². The number of ether oxygens (including phenoxy) is 2. The largest absolute Gasteiger partial charge is 0.496 e. The molecule has 158 valence electrons. The normalized spacial score (nSPS) is 14.1. The van der Waals surface area contributed by atoms with Gasteiger partial charge in [0.25, 0.3) is 0 Å². The molecule has 0 aliphatic carbocycles. The van der Waals surface area contributed by atoms with Crippen molar-refractivity contribution in [1.82, 2.24) is 14.6 Å². The van der Waals surface area contributed by atoms with Crippen LogP contribution in [0.5, 0.6) is 5.75 Å². The third-order valence-corrected chi connectivity index (χ3v) is 5.57. The average Bonchev–Trinajstić information content (AvgIpc) is 3.23. The van der Waals surface area contributed by atoms with Gasteiger partial charge < -0.3 is 19.7 Å². The van der Waals surface area contributed by atoms with Crippen LogP contribution in [-0.4, -0.2) is 48.0 Å². The van der Waals surface area contributed by atoms with Crippen LogP contribution in [0.4, 0.5) is 17.3 Å². The second-order valence-corrected chi connectivity index (χ2v) is 7.69. The first-order chi connectivity index (χ1) is 15.2. The molecular weight excluding hydrogens is 414 g/mol. The molecule has 31 heavy (non-hydrogen) atoms. The predicted octanol–water partition coefficient (Wildman–Crippen LogP) is 4.64. The van der Waals surface area contributed by atoms with Crippen molar-refractivity contribution in [1.29, 1.82) is 0 Å². The van der Waals surface area contributed by atoms with Crippen LogP contribution in [0.15, 0.2) is 60.8 Å². The molecule has 0 radical (unpaired) electrons. The number of nitrogens with one attached hydrogen (secondary N) is 1. The number of morpholine rings is 1. The fourth-order valence-corrected chi connectivity index (χ4v) is 3.92. The van der Waals surface area contributed by atoms with Crippen molar-refractivity contribution in [2.75, 3.05) is 43.6 Å². The Labute approximate surface area is 185 Å². The molecule has 0 unspecified atom stereocenters. The average molecular weight is 436 g/mol. The highest BCUT2D eigenvalue weighted by Crippen LogP contribution is 2.33. The van der Waals surface area contributed by atoms with E-state index in [0.29, 0.717) is 11.0 Å². The Morgan fingerprint density at radius 2 is 1.84 bits per heavy atom. The third-order valence-electron chi connectivity index (χ3n) is 5.34. The lowest BCUT2D eigenvalue weighted by atomic mass is 10.1. The van der Waals surface area contributed by atoms with Gasteiger partial charge in [-0.1, -0.05) is 11.6 Å². The number of hydrogen-bond acceptors (Lipinski definition) is 6. The minimum Gasteiger partial charge on any atom is -0.496 e. The Kier molecular flexibility index (Phi) is 5.36. The second kappa shape index (κ2) is 8.45. The third kappa shape index (κ3) is 4.02. The first-order valence-electron chi connectivity index (χ1n) is 10.1. The van der Waals surface area contributed by atoms with Gasteiger partial charge >= 0.3 is 0 Å². The van der Waals surface area contributed by atoms with Gasteiger partial charge in [0, 0.05) is 35.1 Å². The van der Waals surface area contributed by atoms with Crippen LogP contribution in [-0.2, 0) is 4.74 Å². The number of rotatable bonds is 5. The number of nitrogens with zero attached hydrogens (tertiary/aromatic N) is 4. The summed E-state index contributed by atoms with van der Waals surface area (Å²) >= 11 is 6.23.